The van der Waals surface area contributed by atoms with E-state index >= 15 is 0 Å². The molecule has 0 aliphatic heterocycles. The van der Waals surface area contributed by atoms with E-state index in [1.54, 1.807) is 22.0 Å². The molecule has 1 amide bonds. The summed E-state index contributed by atoms with van der Waals surface area (Å²) in [6.07, 6.45) is 1.72. The van der Waals surface area contributed by atoms with Crippen LogP contribution in [-0.2, 0) is 11.3 Å². The van der Waals surface area contributed by atoms with E-state index in [1.165, 1.54) is 11.8 Å². The number of allylic oxidation sites excluding steroid dienone is 1. The minimum absolute atomic E-state index is 0.0262. The Bertz CT molecular complexity index is 688. The SMILES string of the molecule is C=CCn1c(N)nnc1SCC(=O)NC(c1cccs1)C(C)(C)C. The largest absolute Gasteiger partial charge is 0.368 e. The van der Waals surface area contributed by atoms with E-state index in [0.717, 1.165) is 4.88 Å². The maximum absolute atomic E-state index is 12.4. The van der Waals surface area contributed by atoms with E-state index in [9.17, 15) is 4.79 Å². The third-order valence-electron chi connectivity index (χ3n) is 3.39. The standard InChI is InChI=1S/C16H23N5OS2/c1-5-8-21-14(17)19-20-15(21)24-10-12(22)18-13(16(2,3)4)11-7-6-9-23-11/h5-7,9,13H,1,8,10H2,2-4H3,(H2,17,19)(H,18,22). The van der Waals surface area contributed by atoms with Crippen molar-refractivity contribution in [3.8, 4) is 0 Å². The highest BCUT2D eigenvalue weighted by Crippen LogP contribution is 2.35. The maximum atomic E-state index is 12.4. The number of nitrogens with one attached hydrogen (secondary N) is 1. The van der Waals surface area contributed by atoms with Crippen molar-refractivity contribution in [3.63, 3.8) is 0 Å². The molecular formula is C16H23N5OS2. The number of carbonyl (C=O) groups is 1. The van der Waals surface area contributed by atoms with Crippen LogP contribution in [0.1, 0.15) is 31.7 Å². The Hall–Kier alpha value is -1.80. The fraction of sp³-hybridized carbons (Fsp3) is 0.438. The van der Waals surface area contributed by atoms with E-state index in [4.69, 9.17) is 5.73 Å². The third-order valence-corrected chi connectivity index (χ3v) is 5.29. The summed E-state index contributed by atoms with van der Waals surface area (Å²) in [6, 6.07) is 4.02. The van der Waals surface area contributed by atoms with Crippen molar-refractivity contribution in [1.29, 1.82) is 0 Å². The molecule has 1 atom stereocenters. The first kappa shape index (κ1) is 18.5. The Morgan fingerprint density at radius 1 is 1.54 bits per heavy atom. The zero-order chi connectivity index (χ0) is 17.7. The molecule has 2 heterocycles. The number of carbonyl (C=O) groups excluding carboxylic acids is 1. The average Bonchev–Trinajstić information content (AvgIpc) is 3.13. The summed E-state index contributed by atoms with van der Waals surface area (Å²) in [7, 11) is 0. The van der Waals surface area contributed by atoms with Crippen LogP contribution in [0, 0.1) is 5.41 Å². The van der Waals surface area contributed by atoms with Crippen LogP contribution >= 0.6 is 23.1 Å². The molecular weight excluding hydrogens is 342 g/mol. The van der Waals surface area contributed by atoms with Gasteiger partial charge in [0.15, 0.2) is 5.16 Å². The first-order valence-corrected chi connectivity index (χ1v) is 9.44. The van der Waals surface area contributed by atoms with Gasteiger partial charge in [-0.05, 0) is 16.9 Å². The lowest BCUT2D eigenvalue weighted by molar-refractivity contribution is -0.120. The Labute approximate surface area is 150 Å². The first-order chi connectivity index (χ1) is 11.3. The molecule has 24 heavy (non-hydrogen) atoms. The first-order valence-electron chi connectivity index (χ1n) is 7.58. The molecule has 0 fully saturated rings. The smallest absolute Gasteiger partial charge is 0.231 e. The number of hydrogen-bond donors (Lipinski definition) is 2. The number of nitrogens with zero attached hydrogens (tertiary/aromatic N) is 3. The van der Waals surface area contributed by atoms with Crippen LogP contribution in [0.4, 0.5) is 5.95 Å². The monoisotopic (exact) mass is 365 g/mol. The number of hydrogen-bond acceptors (Lipinski definition) is 6. The molecule has 2 rings (SSSR count). The van der Waals surface area contributed by atoms with Gasteiger partial charge in [0, 0.05) is 11.4 Å². The van der Waals surface area contributed by atoms with Gasteiger partial charge < -0.3 is 11.1 Å². The van der Waals surface area contributed by atoms with Crippen LogP contribution in [0.15, 0.2) is 35.3 Å². The number of amides is 1. The molecule has 6 nitrogen and oxygen atoms in total. The zero-order valence-corrected chi connectivity index (χ0v) is 15.8. The van der Waals surface area contributed by atoms with Gasteiger partial charge in [0.1, 0.15) is 0 Å². The number of thioether (sulfide) groups is 1. The van der Waals surface area contributed by atoms with Gasteiger partial charge in [0.2, 0.25) is 11.9 Å². The number of nitrogen functional groups attached to an aromatic ring is 1. The molecule has 0 aliphatic rings. The van der Waals surface area contributed by atoms with E-state index in [0.29, 0.717) is 17.6 Å². The predicted octanol–water partition coefficient (Wildman–Crippen LogP) is 3.10. The van der Waals surface area contributed by atoms with Gasteiger partial charge in [-0.3, -0.25) is 9.36 Å². The molecule has 8 heteroatoms. The summed E-state index contributed by atoms with van der Waals surface area (Å²) in [5, 5.41) is 13.6. The molecule has 0 aliphatic carbocycles. The van der Waals surface area contributed by atoms with E-state index in [-0.39, 0.29) is 23.1 Å². The minimum atomic E-state index is -0.0710. The van der Waals surface area contributed by atoms with Crippen LogP contribution in [-0.4, -0.2) is 26.4 Å². The summed E-state index contributed by atoms with van der Waals surface area (Å²) >= 11 is 2.97. The van der Waals surface area contributed by atoms with E-state index < -0.39 is 0 Å². The van der Waals surface area contributed by atoms with Gasteiger partial charge >= 0.3 is 0 Å². The van der Waals surface area contributed by atoms with E-state index in [2.05, 4.69) is 48.9 Å². The van der Waals surface area contributed by atoms with Crippen LogP contribution in [0.2, 0.25) is 0 Å². The van der Waals surface area contributed by atoms with Crippen molar-refractivity contribution in [3.05, 3.63) is 35.0 Å². The lowest BCUT2D eigenvalue weighted by Gasteiger charge is -2.30. The van der Waals surface area contributed by atoms with Gasteiger partial charge in [0.25, 0.3) is 0 Å². The number of anilines is 1. The second kappa shape index (κ2) is 7.85. The summed E-state index contributed by atoms with van der Waals surface area (Å²) < 4.78 is 1.73. The molecule has 2 aromatic rings. The molecule has 0 aromatic carbocycles. The van der Waals surface area contributed by atoms with Gasteiger partial charge in [-0.15, -0.1) is 28.1 Å². The molecule has 0 saturated carbocycles. The maximum Gasteiger partial charge on any atom is 0.231 e. The van der Waals surface area contributed by atoms with Crippen LogP contribution in [0.5, 0.6) is 0 Å². The normalized spacial score (nSPS) is 12.8. The quantitative estimate of drug-likeness (QED) is 0.582. The van der Waals surface area contributed by atoms with Gasteiger partial charge in [-0.1, -0.05) is 44.7 Å². The van der Waals surface area contributed by atoms with Crippen molar-refractivity contribution in [2.24, 2.45) is 5.41 Å². The highest BCUT2D eigenvalue weighted by molar-refractivity contribution is 7.99. The molecule has 0 saturated heterocycles. The summed E-state index contributed by atoms with van der Waals surface area (Å²) in [4.78, 5) is 13.6. The fourth-order valence-electron chi connectivity index (χ4n) is 2.21. The zero-order valence-electron chi connectivity index (χ0n) is 14.2. The Morgan fingerprint density at radius 3 is 2.88 bits per heavy atom. The summed E-state index contributed by atoms with van der Waals surface area (Å²) in [5.74, 6) is 0.539. The highest BCUT2D eigenvalue weighted by atomic mass is 32.2. The number of thiophene rings is 1. The van der Waals surface area contributed by atoms with Gasteiger partial charge in [-0.25, -0.2) is 0 Å². The Kier molecular flexibility index (Phi) is 6.06. The van der Waals surface area contributed by atoms with Crippen molar-refractivity contribution in [2.45, 2.75) is 38.5 Å². The van der Waals surface area contributed by atoms with Crippen molar-refractivity contribution in [1.82, 2.24) is 20.1 Å². The number of nitrogens with two attached hydrogens (primary N) is 1. The van der Waals surface area contributed by atoms with Crippen molar-refractivity contribution >= 4 is 35.0 Å². The number of rotatable bonds is 7. The molecule has 3 N–H and O–H groups in total. The lowest BCUT2D eigenvalue weighted by Crippen LogP contribution is -2.37. The Balaban J connectivity index is 2.01. The van der Waals surface area contributed by atoms with E-state index in [1.807, 2.05) is 11.4 Å². The highest BCUT2D eigenvalue weighted by Gasteiger charge is 2.28. The van der Waals surface area contributed by atoms with Crippen LogP contribution < -0.4 is 11.1 Å². The molecule has 2 aromatic heterocycles. The van der Waals surface area contributed by atoms with Crippen molar-refractivity contribution in [2.75, 3.05) is 11.5 Å². The topological polar surface area (TPSA) is 85.8 Å². The summed E-state index contributed by atoms with van der Waals surface area (Å²) in [5.41, 5.74) is 5.69. The molecule has 0 bridgehead atoms. The molecule has 0 spiro atoms. The van der Waals surface area contributed by atoms with Crippen LogP contribution in [0.25, 0.3) is 0 Å². The van der Waals surface area contributed by atoms with Gasteiger partial charge in [-0.2, -0.15) is 0 Å². The predicted molar refractivity (Wildman–Crippen MR) is 100 cm³/mol. The van der Waals surface area contributed by atoms with Crippen LogP contribution in [0.3, 0.4) is 0 Å². The lowest BCUT2D eigenvalue weighted by atomic mass is 9.86. The summed E-state index contributed by atoms with van der Waals surface area (Å²) in [6.45, 7) is 10.6. The molecule has 1 unspecified atom stereocenters. The van der Waals surface area contributed by atoms with Crippen molar-refractivity contribution < 1.29 is 4.79 Å². The van der Waals surface area contributed by atoms with Gasteiger partial charge in [0.05, 0.1) is 11.8 Å². The number of aromatic nitrogens is 3. The average molecular weight is 366 g/mol. The second-order valence-corrected chi connectivity index (χ2v) is 8.33. The fourth-order valence-corrected chi connectivity index (χ4v) is 4.00. The minimum Gasteiger partial charge on any atom is -0.368 e. The molecule has 0 radical (unpaired) electrons. The molecule has 130 valence electrons. The Morgan fingerprint density at radius 2 is 2.29 bits per heavy atom. The second-order valence-electron chi connectivity index (χ2n) is 6.41. The third kappa shape index (κ3) is 4.61.